The first-order chi connectivity index (χ1) is 9.09. The molecule has 2 aliphatic rings. The first kappa shape index (κ1) is 14.8. The van der Waals surface area contributed by atoms with E-state index in [1.54, 1.807) is 0 Å². The third kappa shape index (κ3) is 3.69. The predicted octanol–water partition coefficient (Wildman–Crippen LogP) is 1.59. The number of piperidine rings is 1. The molecule has 0 spiro atoms. The SMILES string of the molecule is CC(C(=O)N1CCC(N)CC1)N(C)C1CCCCC1. The van der Waals surface area contributed by atoms with E-state index in [4.69, 9.17) is 5.73 Å². The molecular formula is C15H29N3O. The highest BCUT2D eigenvalue weighted by molar-refractivity contribution is 5.81. The summed E-state index contributed by atoms with van der Waals surface area (Å²) in [6.45, 7) is 3.73. The molecule has 110 valence electrons. The van der Waals surface area contributed by atoms with E-state index < -0.39 is 0 Å². The second-order valence-electron chi connectivity index (χ2n) is 6.30. The van der Waals surface area contributed by atoms with Gasteiger partial charge in [0.25, 0.3) is 0 Å². The Kier molecular flexibility index (Phi) is 5.22. The fraction of sp³-hybridized carbons (Fsp3) is 0.933. The van der Waals surface area contributed by atoms with Gasteiger partial charge in [0.1, 0.15) is 0 Å². The van der Waals surface area contributed by atoms with E-state index in [9.17, 15) is 4.79 Å². The van der Waals surface area contributed by atoms with Crippen LogP contribution in [0, 0.1) is 0 Å². The van der Waals surface area contributed by atoms with Gasteiger partial charge in [0.05, 0.1) is 6.04 Å². The Balaban J connectivity index is 1.86. The smallest absolute Gasteiger partial charge is 0.239 e. The molecule has 0 bridgehead atoms. The molecule has 0 radical (unpaired) electrons. The van der Waals surface area contributed by atoms with Gasteiger partial charge in [-0.15, -0.1) is 0 Å². The molecule has 4 nitrogen and oxygen atoms in total. The van der Waals surface area contributed by atoms with Crippen LogP contribution < -0.4 is 5.73 Å². The largest absolute Gasteiger partial charge is 0.341 e. The lowest BCUT2D eigenvalue weighted by atomic mass is 9.93. The summed E-state index contributed by atoms with van der Waals surface area (Å²) in [6, 6.07) is 0.896. The lowest BCUT2D eigenvalue weighted by Crippen LogP contribution is -2.52. The number of carbonyl (C=O) groups is 1. The molecule has 1 amide bonds. The van der Waals surface area contributed by atoms with E-state index in [0.717, 1.165) is 25.9 Å². The average molecular weight is 267 g/mol. The van der Waals surface area contributed by atoms with E-state index in [1.807, 2.05) is 4.90 Å². The number of likely N-dealkylation sites (tertiary alicyclic amines) is 1. The van der Waals surface area contributed by atoms with Crippen LogP contribution >= 0.6 is 0 Å². The Morgan fingerprint density at radius 3 is 2.32 bits per heavy atom. The van der Waals surface area contributed by atoms with Crippen molar-refractivity contribution in [3.63, 3.8) is 0 Å². The van der Waals surface area contributed by atoms with Gasteiger partial charge in [-0.3, -0.25) is 9.69 Å². The average Bonchev–Trinajstić information content (AvgIpc) is 2.46. The number of hydrogen-bond donors (Lipinski definition) is 1. The van der Waals surface area contributed by atoms with Gasteiger partial charge in [0, 0.05) is 25.2 Å². The number of hydrogen-bond acceptors (Lipinski definition) is 3. The van der Waals surface area contributed by atoms with Crippen molar-refractivity contribution in [2.45, 2.75) is 70.0 Å². The fourth-order valence-electron chi connectivity index (χ4n) is 3.36. The van der Waals surface area contributed by atoms with Gasteiger partial charge in [-0.1, -0.05) is 19.3 Å². The van der Waals surface area contributed by atoms with Crippen molar-refractivity contribution in [1.82, 2.24) is 9.80 Å². The molecule has 1 unspecified atom stereocenters. The molecule has 0 aromatic carbocycles. The first-order valence-corrected chi connectivity index (χ1v) is 7.86. The molecule has 2 fully saturated rings. The van der Waals surface area contributed by atoms with Crippen LogP contribution in [0.15, 0.2) is 0 Å². The summed E-state index contributed by atoms with van der Waals surface area (Å²) in [5.74, 6) is 0.292. The molecule has 1 aliphatic heterocycles. The van der Waals surface area contributed by atoms with Crippen LogP contribution in [0.3, 0.4) is 0 Å². The van der Waals surface area contributed by atoms with Crippen LogP contribution in [-0.2, 0) is 4.79 Å². The van der Waals surface area contributed by atoms with E-state index in [0.29, 0.717) is 11.9 Å². The van der Waals surface area contributed by atoms with Crippen LogP contribution in [0.5, 0.6) is 0 Å². The van der Waals surface area contributed by atoms with Crippen LogP contribution in [-0.4, -0.2) is 54.0 Å². The minimum absolute atomic E-state index is 0.0115. The third-order valence-corrected chi connectivity index (χ3v) is 4.97. The molecule has 1 saturated heterocycles. The summed E-state index contributed by atoms with van der Waals surface area (Å²) in [5, 5.41) is 0. The fourth-order valence-corrected chi connectivity index (χ4v) is 3.36. The minimum Gasteiger partial charge on any atom is -0.341 e. The lowest BCUT2D eigenvalue weighted by Gasteiger charge is -2.38. The second kappa shape index (κ2) is 6.71. The normalized spacial score (nSPS) is 24.7. The van der Waals surface area contributed by atoms with Crippen LogP contribution in [0.25, 0.3) is 0 Å². The van der Waals surface area contributed by atoms with E-state index >= 15 is 0 Å². The summed E-state index contributed by atoms with van der Waals surface area (Å²) in [6.07, 6.45) is 8.38. The predicted molar refractivity (Wildman–Crippen MR) is 77.9 cm³/mol. The quantitative estimate of drug-likeness (QED) is 0.845. The number of nitrogens with two attached hydrogens (primary N) is 1. The van der Waals surface area contributed by atoms with E-state index in [2.05, 4.69) is 18.9 Å². The third-order valence-electron chi connectivity index (χ3n) is 4.97. The highest BCUT2D eigenvalue weighted by Gasteiger charge is 2.30. The second-order valence-corrected chi connectivity index (χ2v) is 6.30. The van der Waals surface area contributed by atoms with Gasteiger partial charge in [-0.05, 0) is 39.7 Å². The molecule has 0 aromatic rings. The van der Waals surface area contributed by atoms with Crippen LogP contribution in [0.2, 0.25) is 0 Å². The van der Waals surface area contributed by atoms with Crippen molar-refractivity contribution in [2.24, 2.45) is 5.73 Å². The molecule has 4 heteroatoms. The van der Waals surface area contributed by atoms with Gasteiger partial charge in [0.2, 0.25) is 5.91 Å². The maximum absolute atomic E-state index is 12.5. The zero-order valence-electron chi connectivity index (χ0n) is 12.5. The van der Waals surface area contributed by atoms with Gasteiger partial charge in [0.15, 0.2) is 0 Å². The molecule has 1 aliphatic carbocycles. The zero-order chi connectivity index (χ0) is 13.8. The lowest BCUT2D eigenvalue weighted by molar-refractivity contribution is -0.138. The van der Waals surface area contributed by atoms with Gasteiger partial charge in [-0.25, -0.2) is 0 Å². The van der Waals surface area contributed by atoms with E-state index in [-0.39, 0.29) is 12.1 Å². The Labute approximate surface area is 117 Å². The monoisotopic (exact) mass is 267 g/mol. The number of rotatable bonds is 3. The summed E-state index contributed by atoms with van der Waals surface area (Å²) in [4.78, 5) is 16.8. The Hall–Kier alpha value is -0.610. The minimum atomic E-state index is 0.0115. The van der Waals surface area contributed by atoms with Crippen molar-refractivity contribution in [3.8, 4) is 0 Å². The molecule has 2 N–H and O–H groups in total. The molecule has 1 heterocycles. The van der Waals surface area contributed by atoms with Crippen LogP contribution in [0.4, 0.5) is 0 Å². The summed E-state index contributed by atoms with van der Waals surface area (Å²) in [5.41, 5.74) is 5.90. The maximum Gasteiger partial charge on any atom is 0.239 e. The molecular weight excluding hydrogens is 238 g/mol. The topological polar surface area (TPSA) is 49.6 Å². The Morgan fingerprint density at radius 2 is 1.74 bits per heavy atom. The molecule has 2 rings (SSSR count). The number of likely N-dealkylation sites (N-methyl/N-ethyl adjacent to an activating group) is 1. The van der Waals surface area contributed by atoms with Crippen molar-refractivity contribution in [1.29, 1.82) is 0 Å². The van der Waals surface area contributed by atoms with Crippen molar-refractivity contribution in [2.75, 3.05) is 20.1 Å². The molecule has 1 atom stereocenters. The van der Waals surface area contributed by atoms with E-state index in [1.165, 1.54) is 32.1 Å². The molecule has 1 saturated carbocycles. The Bertz CT molecular complexity index is 294. The highest BCUT2D eigenvalue weighted by atomic mass is 16.2. The standard InChI is InChI=1S/C15H29N3O/c1-12(17(2)14-6-4-3-5-7-14)15(19)18-10-8-13(16)9-11-18/h12-14H,3-11,16H2,1-2H3. The molecule has 0 aromatic heterocycles. The van der Waals surface area contributed by atoms with Gasteiger partial charge < -0.3 is 10.6 Å². The number of carbonyl (C=O) groups excluding carboxylic acids is 1. The Morgan fingerprint density at radius 1 is 1.16 bits per heavy atom. The van der Waals surface area contributed by atoms with Crippen molar-refractivity contribution in [3.05, 3.63) is 0 Å². The number of nitrogens with zero attached hydrogens (tertiary/aromatic N) is 2. The highest BCUT2D eigenvalue weighted by Crippen LogP contribution is 2.23. The maximum atomic E-state index is 12.5. The van der Waals surface area contributed by atoms with Crippen molar-refractivity contribution < 1.29 is 4.79 Å². The summed E-state index contributed by atoms with van der Waals surface area (Å²) in [7, 11) is 2.12. The van der Waals surface area contributed by atoms with Gasteiger partial charge in [-0.2, -0.15) is 0 Å². The van der Waals surface area contributed by atoms with Gasteiger partial charge >= 0.3 is 0 Å². The van der Waals surface area contributed by atoms with Crippen LogP contribution in [0.1, 0.15) is 51.9 Å². The first-order valence-electron chi connectivity index (χ1n) is 7.86. The molecule has 19 heavy (non-hydrogen) atoms. The van der Waals surface area contributed by atoms with Crippen molar-refractivity contribution >= 4 is 5.91 Å². The number of amides is 1. The summed E-state index contributed by atoms with van der Waals surface area (Å²) < 4.78 is 0. The zero-order valence-corrected chi connectivity index (χ0v) is 12.5. The summed E-state index contributed by atoms with van der Waals surface area (Å²) >= 11 is 0.